The Morgan fingerprint density at radius 3 is 2.56 bits per heavy atom. The monoisotopic (exact) mass is 546 g/mol. The number of rotatable bonds is 5. The summed E-state index contributed by atoms with van der Waals surface area (Å²) in [7, 11) is 0. The summed E-state index contributed by atoms with van der Waals surface area (Å²) < 4.78 is 58.5. The number of fused-ring (bicyclic) bond motifs is 1. The number of alkyl halides is 3. The van der Waals surface area contributed by atoms with Gasteiger partial charge in [0.1, 0.15) is 23.2 Å². The number of carbonyl (C=O) groups is 1. The van der Waals surface area contributed by atoms with Gasteiger partial charge in [-0.2, -0.15) is 18.4 Å². The molecular weight excluding hydrogens is 520 g/mol. The van der Waals surface area contributed by atoms with Crippen LogP contribution < -0.4 is 16.4 Å². The zero-order valence-corrected chi connectivity index (χ0v) is 20.8. The summed E-state index contributed by atoms with van der Waals surface area (Å²) in [4.78, 5) is 30.6. The molecule has 15 heteroatoms. The number of nitriles is 1. The number of piperazine rings is 1. The lowest BCUT2D eigenvalue weighted by Gasteiger charge is -2.37. The van der Waals surface area contributed by atoms with E-state index in [1.165, 1.54) is 23.3 Å². The van der Waals surface area contributed by atoms with Crippen molar-refractivity contribution < 1.29 is 22.4 Å². The van der Waals surface area contributed by atoms with Crippen molar-refractivity contribution in [3.05, 3.63) is 41.7 Å². The van der Waals surface area contributed by atoms with Crippen LogP contribution in [0.5, 0.6) is 0 Å². The number of nitrogens with two attached hydrogens (primary N) is 2. The molecule has 0 spiro atoms. The largest absolute Gasteiger partial charge is 0.419 e. The van der Waals surface area contributed by atoms with Gasteiger partial charge in [-0.05, 0) is 18.6 Å². The molecule has 5 rings (SSSR count). The predicted octanol–water partition coefficient (Wildman–Crippen LogP) is 1.19. The minimum atomic E-state index is -4.99. The maximum absolute atomic E-state index is 14.7. The first kappa shape index (κ1) is 26.6. The highest BCUT2D eigenvalue weighted by atomic mass is 19.4. The van der Waals surface area contributed by atoms with Crippen molar-refractivity contribution in [3.63, 3.8) is 0 Å². The number of carbonyl (C=O) groups excluding carboxylic acids is 1. The topological polar surface area (TPSA) is 146 Å². The molecule has 4 heterocycles. The van der Waals surface area contributed by atoms with Gasteiger partial charge in [0.15, 0.2) is 11.5 Å². The second kappa shape index (κ2) is 9.93. The van der Waals surface area contributed by atoms with E-state index in [4.69, 9.17) is 16.7 Å². The molecular formula is C24H26F4N10O. The molecule has 0 unspecified atom stereocenters. The van der Waals surface area contributed by atoms with E-state index in [2.05, 4.69) is 21.0 Å². The van der Waals surface area contributed by atoms with Crippen LogP contribution in [-0.2, 0) is 17.5 Å². The van der Waals surface area contributed by atoms with Crippen molar-refractivity contribution in [1.29, 1.82) is 5.26 Å². The summed E-state index contributed by atoms with van der Waals surface area (Å²) in [5.41, 5.74) is 9.83. The lowest BCUT2D eigenvalue weighted by molar-refractivity contribution is -0.140. The third-order valence-electron chi connectivity index (χ3n) is 7.30. The Morgan fingerprint density at radius 1 is 1.13 bits per heavy atom. The van der Waals surface area contributed by atoms with Gasteiger partial charge >= 0.3 is 6.18 Å². The minimum Gasteiger partial charge on any atom is -0.382 e. The number of nitrogens with zero attached hydrogens (tertiary/aromatic N) is 8. The van der Waals surface area contributed by atoms with Crippen LogP contribution in [0.4, 0.5) is 29.1 Å². The van der Waals surface area contributed by atoms with Crippen molar-refractivity contribution in [3.8, 4) is 6.07 Å². The Balaban J connectivity index is 1.46. The zero-order valence-electron chi connectivity index (χ0n) is 20.8. The van der Waals surface area contributed by atoms with Crippen LogP contribution in [0.15, 0.2) is 24.8 Å². The molecule has 2 aliphatic rings. The number of aromatic nitrogens is 4. The molecule has 1 amide bonds. The smallest absolute Gasteiger partial charge is 0.382 e. The molecule has 39 heavy (non-hydrogen) atoms. The SMILES string of the molecule is N#CCN1CCN(C(=O)[C@@]2(N)CCN(c3ccc(F)c(C(F)(F)F)c3Cn3cnc4c(N)ncnc43)C2)CC1. The number of amides is 1. The van der Waals surface area contributed by atoms with E-state index in [1.54, 1.807) is 9.80 Å². The molecule has 4 N–H and O–H groups in total. The lowest BCUT2D eigenvalue weighted by Crippen LogP contribution is -2.60. The molecule has 1 atom stereocenters. The number of benzene rings is 1. The number of hydrogen-bond acceptors (Lipinski definition) is 9. The van der Waals surface area contributed by atoms with Gasteiger partial charge in [0.05, 0.1) is 31.0 Å². The van der Waals surface area contributed by atoms with E-state index < -0.39 is 29.6 Å². The summed E-state index contributed by atoms with van der Waals surface area (Å²) in [6.07, 6.45) is -2.34. The first-order valence-corrected chi connectivity index (χ1v) is 12.2. The maximum Gasteiger partial charge on any atom is 0.419 e. The Kier molecular flexibility index (Phi) is 6.77. The molecule has 206 valence electrons. The van der Waals surface area contributed by atoms with Crippen LogP contribution in [0.3, 0.4) is 0 Å². The van der Waals surface area contributed by atoms with Crippen molar-refractivity contribution in [2.24, 2.45) is 5.73 Å². The van der Waals surface area contributed by atoms with Gasteiger partial charge in [-0.15, -0.1) is 0 Å². The summed E-state index contributed by atoms with van der Waals surface area (Å²) in [5, 5.41) is 8.89. The molecule has 2 aliphatic heterocycles. The molecule has 2 saturated heterocycles. The van der Waals surface area contributed by atoms with Crippen molar-refractivity contribution in [1.82, 2.24) is 29.3 Å². The van der Waals surface area contributed by atoms with Crippen LogP contribution in [0, 0.1) is 17.1 Å². The summed E-state index contributed by atoms with van der Waals surface area (Å²) >= 11 is 0. The second-order valence-corrected chi connectivity index (χ2v) is 9.78. The van der Waals surface area contributed by atoms with E-state index in [9.17, 15) is 22.4 Å². The predicted molar refractivity (Wildman–Crippen MR) is 133 cm³/mol. The van der Waals surface area contributed by atoms with E-state index in [1.807, 2.05) is 4.90 Å². The fraction of sp³-hybridized carbons (Fsp3) is 0.458. The van der Waals surface area contributed by atoms with Crippen molar-refractivity contribution >= 4 is 28.6 Å². The Morgan fingerprint density at radius 2 is 1.87 bits per heavy atom. The Bertz CT molecular complexity index is 1440. The normalized spacial score (nSPS) is 20.5. The molecule has 0 radical (unpaired) electrons. The van der Waals surface area contributed by atoms with Gasteiger partial charge in [-0.3, -0.25) is 9.69 Å². The van der Waals surface area contributed by atoms with Gasteiger partial charge in [0.25, 0.3) is 0 Å². The summed E-state index contributed by atoms with van der Waals surface area (Å²) in [5.74, 6) is -1.65. The van der Waals surface area contributed by atoms with Crippen LogP contribution in [0.1, 0.15) is 17.5 Å². The van der Waals surface area contributed by atoms with Crippen molar-refractivity contribution in [2.45, 2.75) is 24.7 Å². The van der Waals surface area contributed by atoms with Gasteiger partial charge in [-0.1, -0.05) is 0 Å². The number of hydrogen-bond donors (Lipinski definition) is 2. The first-order chi connectivity index (χ1) is 18.5. The average Bonchev–Trinajstić information content (AvgIpc) is 3.49. The van der Waals surface area contributed by atoms with Gasteiger partial charge < -0.3 is 25.8 Å². The quantitative estimate of drug-likeness (QED) is 0.356. The molecule has 2 fully saturated rings. The Hall–Kier alpha value is -4.03. The Labute approximate surface area is 220 Å². The first-order valence-electron chi connectivity index (χ1n) is 12.2. The van der Waals surface area contributed by atoms with E-state index in [0.29, 0.717) is 26.2 Å². The van der Waals surface area contributed by atoms with Crippen LogP contribution in [0.25, 0.3) is 11.2 Å². The lowest BCUT2D eigenvalue weighted by atomic mass is 9.97. The fourth-order valence-corrected chi connectivity index (χ4v) is 5.29. The highest BCUT2D eigenvalue weighted by Gasteiger charge is 2.46. The van der Waals surface area contributed by atoms with Crippen LogP contribution in [0.2, 0.25) is 0 Å². The number of imidazole rings is 1. The molecule has 1 aromatic carbocycles. The van der Waals surface area contributed by atoms with E-state index in [-0.39, 0.29) is 60.2 Å². The third-order valence-corrected chi connectivity index (χ3v) is 7.30. The highest BCUT2D eigenvalue weighted by Crippen LogP contribution is 2.40. The number of anilines is 2. The average molecular weight is 547 g/mol. The number of nitrogen functional groups attached to an aromatic ring is 1. The molecule has 3 aromatic rings. The van der Waals surface area contributed by atoms with Crippen molar-refractivity contribution in [2.75, 3.05) is 56.4 Å². The van der Waals surface area contributed by atoms with Crippen LogP contribution in [-0.4, -0.2) is 86.6 Å². The molecule has 2 aromatic heterocycles. The highest BCUT2D eigenvalue weighted by molar-refractivity contribution is 5.88. The fourth-order valence-electron chi connectivity index (χ4n) is 5.29. The minimum absolute atomic E-state index is 0.0417. The van der Waals surface area contributed by atoms with Gasteiger partial charge in [-0.25, -0.2) is 19.3 Å². The second-order valence-electron chi connectivity index (χ2n) is 9.78. The standard InChI is InChI=1S/C24H26F4N10O/c25-16-1-2-17(37-5-3-23(31,12-37)22(39)36-9-7-35(6-4-29)8-10-36)15(18(16)24(26,27)28)11-38-14-34-19-20(30)32-13-33-21(19)38/h1-2,13-14H,3,5-12,31H2,(H2,30,32,33)/t23-/m1/s1. The summed E-state index contributed by atoms with van der Waals surface area (Å²) in [6.45, 7) is 1.88. The molecule has 0 aliphatic carbocycles. The number of halogens is 4. The van der Waals surface area contributed by atoms with Gasteiger partial charge in [0.2, 0.25) is 5.91 Å². The van der Waals surface area contributed by atoms with E-state index >= 15 is 0 Å². The maximum atomic E-state index is 14.7. The zero-order chi connectivity index (χ0) is 27.9. The third kappa shape index (κ3) is 4.92. The molecule has 0 bridgehead atoms. The van der Waals surface area contributed by atoms with E-state index in [0.717, 1.165) is 6.07 Å². The van der Waals surface area contributed by atoms with Crippen LogP contribution >= 0.6 is 0 Å². The molecule has 11 nitrogen and oxygen atoms in total. The summed E-state index contributed by atoms with van der Waals surface area (Å²) in [6, 6.07) is 4.14. The molecule has 0 saturated carbocycles. The van der Waals surface area contributed by atoms with Gasteiger partial charge in [0, 0.05) is 50.5 Å².